The lowest BCUT2D eigenvalue weighted by molar-refractivity contribution is 0.607. The van der Waals surface area contributed by atoms with E-state index in [2.05, 4.69) is 24.2 Å². The van der Waals surface area contributed by atoms with Crippen LogP contribution in [0.1, 0.15) is 25.0 Å². The van der Waals surface area contributed by atoms with Gasteiger partial charge in [0.2, 0.25) is 0 Å². The molecule has 19 heavy (non-hydrogen) atoms. The van der Waals surface area contributed by atoms with Gasteiger partial charge in [-0.2, -0.15) is 5.26 Å². The lowest BCUT2D eigenvalue weighted by atomic mass is 10.1. The van der Waals surface area contributed by atoms with Gasteiger partial charge in [-0.1, -0.05) is 19.9 Å². The number of rotatable bonds is 4. The fourth-order valence-electron chi connectivity index (χ4n) is 1.28. The van der Waals surface area contributed by atoms with Crippen LogP contribution in [-0.2, 0) is 6.54 Å². The van der Waals surface area contributed by atoms with Gasteiger partial charge in [0.05, 0.1) is 18.2 Å². The van der Waals surface area contributed by atoms with Crippen molar-refractivity contribution in [2.24, 2.45) is 16.6 Å². The molecule has 0 spiro atoms. The molecular formula is C13H18FIN4. The van der Waals surface area contributed by atoms with E-state index >= 15 is 0 Å². The van der Waals surface area contributed by atoms with Crippen LogP contribution >= 0.6 is 24.0 Å². The molecule has 6 heteroatoms. The fraction of sp³-hybridized carbons (Fsp3) is 0.385. The molecule has 0 saturated carbocycles. The summed E-state index contributed by atoms with van der Waals surface area (Å²) in [4.78, 5) is 4.04. The Morgan fingerprint density at radius 2 is 2.21 bits per heavy atom. The van der Waals surface area contributed by atoms with E-state index in [1.807, 2.05) is 6.07 Å². The first-order chi connectivity index (χ1) is 8.52. The molecule has 0 fully saturated rings. The molecule has 0 aliphatic carbocycles. The topological polar surface area (TPSA) is 74.2 Å². The van der Waals surface area contributed by atoms with Crippen LogP contribution < -0.4 is 11.1 Å². The van der Waals surface area contributed by atoms with E-state index < -0.39 is 5.82 Å². The zero-order valence-electron chi connectivity index (χ0n) is 11.0. The largest absolute Gasteiger partial charge is 0.370 e. The Kier molecular flexibility index (Phi) is 8.07. The zero-order chi connectivity index (χ0) is 13.5. The molecule has 1 aromatic carbocycles. The van der Waals surface area contributed by atoms with Gasteiger partial charge in [-0.15, -0.1) is 24.0 Å². The third-order valence-corrected chi connectivity index (χ3v) is 2.29. The molecule has 0 amide bonds. The minimum atomic E-state index is -0.436. The minimum Gasteiger partial charge on any atom is -0.370 e. The molecular weight excluding hydrogens is 358 g/mol. The Balaban J connectivity index is 0.00000324. The Morgan fingerprint density at radius 1 is 1.53 bits per heavy atom. The molecule has 104 valence electrons. The number of nitriles is 1. The molecule has 0 heterocycles. The maximum atomic E-state index is 13.5. The number of nitrogens with two attached hydrogens (primary N) is 1. The average Bonchev–Trinajstić information content (AvgIpc) is 2.34. The number of hydrogen-bond donors (Lipinski definition) is 2. The maximum absolute atomic E-state index is 13.5. The van der Waals surface area contributed by atoms with Gasteiger partial charge in [0, 0.05) is 12.1 Å². The lowest BCUT2D eigenvalue weighted by Crippen LogP contribution is -2.34. The first kappa shape index (κ1) is 17.6. The fourth-order valence-corrected chi connectivity index (χ4v) is 1.28. The molecule has 0 aliphatic rings. The molecule has 0 aromatic heterocycles. The van der Waals surface area contributed by atoms with Gasteiger partial charge in [0.25, 0.3) is 0 Å². The van der Waals surface area contributed by atoms with Crippen LogP contribution in [0.2, 0.25) is 0 Å². The number of hydrogen-bond acceptors (Lipinski definition) is 2. The van der Waals surface area contributed by atoms with Gasteiger partial charge in [0.15, 0.2) is 5.96 Å². The van der Waals surface area contributed by atoms with Crippen LogP contribution in [0.25, 0.3) is 0 Å². The van der Waals surface area contributed by atoms with Crippen molar-refractivity contribution in [1.82, 2.24) is 5.32 Å². The van der Waals surface area contributed by atoms with E-state index in [1.165, 1.54) is 6.07 Å². The second-order valence-electron chi connectivity index (χ2n) is 4.39. The summed E-state index contributed by atoms with van der Waals surface area (Å²) in [5.41, 5.74) is 6.36. The van der Waals surface area contributed by atoms with Crippen LogP contribution in [0, 0.1) is 23.1 Å². The monoisotopic (exact) mass is 376 g/mol. The zero-order valence-corrected chi connectivity index (χ0v) is 13.3. The molecule has 0 saturated heterocycles. The maximum Gasteiger partial charge on any atom is 0.188 e. The van der Waals surface area contributed by atoms with Gasteiger partial charge in [0.1, 0.15) is 5.82 Å². The summed E-state index contributed by atoms with van der Waals surface area (Å²) < 4.78 is 13.5. The van der Waals surface area contributed by atoms with Gasteiger partial charge in [-0.05, 0) is 18.1 Å². The summed E-state index contributed by atoms with van der Waals surface area (Å²) in [6, 6.07) is 6.19. The number of guanidine groups is 1. The molecule has 0 bridgehead atoms. The van der Waals surface area contributed by atoms with E-state index in [0.29, 0.717) is 23.0 Å². The minimum absolute atomic E-state index is 0. The lowest BCUT2D eigenvalue weighted by Gasteiger charge is -2.08. The summed E-state index contributed by atoms with van der Waals surface area (Å²) in [6.07, 6.45) is 0. The van der Waals surface area contributed by atoms with Crippen molar-refractivity contribution >= 4 is 29.9 Å². The average molecular weight is 376 g/mol. The highest BCUT2D eigenvalue weighted by Gasteiger charge is 2.03. The predicted octanol–water partition coefficient (Wildman–Crippen LogP) is 2.38. The number of nitrogens with one attached hydrogen (secondary N) is 1. The second kappa shape index (κ2) is 8.69. The van der Waals surface area contributed by atoms with Crippen molar-refractivity contribution < 1.29 is 4.39 Å². The highest BCUT2D eigenvalue weighted by Crippen LogP contribution is 2.10. The van der Waals surface area contributed by atoms with Crippen LogP contribution in [0.3, 0.4) is 0 Å². The van der Waals surface area contributed by atoms with E-state index in [0.717, 1.165) is 6.54 Å². The molecule has 0 radical (unpaired) electrons. The van der Waals surface area contributed by atoms with Gasteiger partial charge in [-0.3, -0.25) is 0 Å². The third kappa shape index (κ3) is 6.38. The second-order valence-corrected chi connectivity index (χ2v) is 4.39. The molecule has 0 atom stereocenters. The quantitative estimate of drug-likeness (QED) is 0.482. The van der Waals surface area contributed by atoms with Crippen molar-refractivity contribution in [1.29, 1.82) is 5.26 Å². The molecule has 0 aliphatic heterocycles. The first-order valence-corrected chi connectivity index (χ1v) is 5.75. The summed E-state index contributed by atoms with van der Waals surface area (Å²) in [7, 11) is 0. The number of benzene rings is 1. The Bertz CT molecular complexity index is 480. The third-order valence-electron chi connectivity index (χ3n) is 2.29. The van der Waals surface area contributed by atoms with E-state index in [9.17, 15) is 4.39 Å². The smallest absolute Gasteiger partial charge is 0.188 e. The van der Waals surface area contributed by atoms with E-state index in [1.54, 1.807) is 12.1 Å². The van der Waals surface area contributed by atoms with Crippen molar-refractivity contribution in [2.75, 3.05) is 6.54 Å². The van der Waals surface area contributed by atoms with Gasteiger partial charge >= 0.3 is 0 Å². The normalized spacial score (nSPS) is 10.8. The summed E-state index contributed by atoms with van der Waals surface area (Å²) in [6.45, 7) is 5.00. The Labute approximate surface area is 129 Å². The van der Waals surface area contributed by atoms with E-state index in [-0.39, 0.29) is 30.5 Å². The van der Waals surface area contributed by atoms with Gasteiger partial charge in [-0.25, -0.2) is 9.38 Å². The Morgan fingerprint density at radius 3 is 2.74 bits per heavy atom. The standard InChI is InChI=1S/C13H17FN4.HI/c1-9(2)7-17-13(16)18-8-11-4-3-10(6-15)5-12(11)14;/h3-5,9H,7-8H2,1-2H3,(H3,16,17,18);1H. The molecule has 1 rings (SSSR count). The van der Waals surface area contributed by atoms with Crippen LogP contribution in [-0.4, -0.2) is 12.5 Å². The van der Waals surface area contributed by atoms with Crippen molar-refractivity contribution in [2.45, 2.75) is 20.4 Å². The highest BCUT2D eigenvalue weighted by atomic mass is 127. The van der Waals surface area contributed by atoms with Crippen LogP contribution in [0.5, 0.6) is 0 Å². The number of aliphatic imine (C=N–C) groups is 1. The first-order valence-electron chi connectivity index (χ1n) is 5.75. The van der Waals surface area contributed by atoms with Crippen LogP contribution in [0.15, 0.2) is 23.2 Å². The van der Waals surface area contributed by atoms with Crippen molar-refractivity contribution in [3.05, 3.63) is 35.1 Å². The van der Waals surface area contributed by atoms with Gasteiger partial charge < -0.3 is 11.1 Å². The van der Waals surface area contributed by atoms with Crippen LogP contribution in [0.4, 0.5) is 4.39 Å². The summed E-state index contributed by atoms with van der Waals surface area (Å²) in [5.74, 6) is 0.326. The number of nitrogens with zero attached hydrogens (tertiary/aromatic N) is 2. The Hall–Kier alpha value is -1.36. The van der Waals surface area contributed by atoms with Crippen molar-refractivity contribution in [3.8, 4) is 6.07 Å². The molecule has 4 nitrogen and oxygen atoms in total. The number of halogens is 2. The molecule has 0 unspecified atom stereocenters. The van der Waals surface area contributed by atoms with Crippen molar-refractivity contribution in [3.63, 3.8) is 0 Å². The summed E-state index contributed by atoms with van der Waals surface area (Å²) >= 11 is 0. The predicted molar refractivity (Wildman–Crippen MR) is 84.7 cm³/mol. The summed E-state index contributed by atoms with van der Waals surface area (Å²) in [5, 5.41) is 11.6. The molecule has 3 N–H and O–H groups in total. The highest BCUT2D eigenvalue weighted by molar-refractivity contribution is 14.0. The molecule has 1 aromatic rings. The van der Waals surface area contributed by atoms with E-state index in [4.69, 9.17) is 11.0 Å². The SMILES string of the molecule is CC(C)CNC(N)=NCc1ccc(C#N)cc1F.I.